The Labute approximate surface area is 220 Å². The van der Waals surface area contributed by atoms with Crippen LogP contribution < -0.4 is 0 Å². The lowest BCUT2D eigenvalue weighted by atomic mass is 9.85. The third-order valence-corrected chi connectivity index (χ3v) is 8.85. The van der Waals surface area contributed by atoms with E-state index in [0.717, 1.165) is 0 Å². The van der Waals surface area contributed by atoms with E-state index >= 15 is 0 Å². The Morgan fingerprint density at radius 1 is 0.378 bits per heavy atom. The molecule has 0 fully saturated rings. The molecule has 0 bridgehead atoms. The minimum atomic E-state index is 1.26. The van der Waals surface area contributed by atoms with Crippen LogP contribution in [0.5, 0.6) is 0 Å². The number of hydrogen-bond acceptors (Lipinski definition) is 1. The molecule has 0 nitrogen and oxygen atoms in total. The van der Waals surface area contributed by atoms with E-state index in [9.17, 15) is 0 Å². The molecule has 0 spiro atoms. The lowest BCUT2D eigenvalue weighted by molar-refractivity contribution is 1.40. The van der Waals surface area contributed by atoms with Gasteiger partial charge in [-0.2, -0.15) is 0 Å². The SMILES string of the molecule is c1ccc(-c2c3ccccc3c(-c3ccc4cccc5c4c3Sc3ccccc3-5)c3ccccc23)cc1. The molecule has 1 heteroatoms. The van der Waals surface area contributed by atoms with Crippen molar-refractivity contribution in [2.45, 2.75) is 9.79 Å². The van der Waals surface area contributed by atoms with Crippen molar-refractivity contribution in [3.8, 4) is 33.4 Å². The van der Waals surface area contributed by atoms with Crippen LogP contribution in [0.1, 0.15) is 0 Å². The molecule has 0 amide bonds. The van der Waals surface area contributed by atoms with Gasteiger partial charge in [-0.05, 0) is 66.4 Å². The zero-order valence-electron chi connectivity index (χ0n) is 20.1. The number of fused-ring (bicyclic) bond motifs is 4. The van der Waals surface area contributed by atoms with Gasteiger partial charge in [0.25, 0.3) is 0 Å². The van der Waals surface area contributed by atoms with Gasteiger partial charge >= 0.3 is 0 Å². The monoisotopic (exact) mass is 486 g/mol. The van der Waals surface area contributed by atoms with Crippen molar-refractivity contribution in [2.75, 3.05) is 0 Å². The fourth-order valence-corrected chi connectivity index (χ4v) is 7.36. The molecule has 37 heavy (non-hydrogen) atoms. The molecular formula is C36H22S. The Bertz CT molecular complexity index is 1940. The van der Waals surface area contributed by atoms with Crippen LogP contribution in [0, 0.1) is 0 Å². The molecule has 7 aromatic rings. The van der Waals surface area contributed by atoms with Crippen molar-refractivity contribution in [3.63, 3.8) is 0 Å². The first kappa shape index (κ1) is 20.8. The first-order chi connectivity index (χ1) is 18.4. The molecule has 0 radical (unpaired) electrons. The lowest BCUT2D eigenvalue weighted by Crippen LogP contribution is -1.96. The highest BCUT2D eigenvalue weighted by Gasteiger charge is 2.24. The van der Waals surface area contributed by atoms with Gasteiger partial charge in [-0.1, -0.05) is 139 Å². The van der Waals surface area contributed by atoms with Gasteiger partial charge in [0.05, 0.1) is 0 Å². The third kappa shape index (κ3) is 3.05. The van der Waals surface area contributed by atoms with Crippen LogP contribution in [-0.4, -0.2) is 0 Å². The summed E-state index contributed by atoms with van der Waals surface area (Å²) in [6.45, 7) is 0. The number of hydrogen-bond donors (Lipinski definition) is 0. The first-order valence-corrected chi connectivity index (χ1v) is 13.5. The molecule has 0 saturated heterocycles. The van der Waals surface area contributed by atoms with Gasteiger partial charge in [-0.25, -0.2) is 0 Å². The predicted octanol–water partition coefficient (Wildman–Crippen LogP) is 10.6. The normalized spacial score (nSPS) is 12.2. The van der Waals surface area contributed by atoms with Crippen LogP contribution in [0.2, 0.25) is 0 Å². The van der Waals surface area contributed by atoms with Crippen molar-refractivity contribution in [1.29, 1.82) is 0 Å². The Kier molecular flexibility index (Phi) is 4.55. The average molecular weight is 487 g/mol. The Morgan fingerprint density at radius 2 is 0.973 bits per heavy atom. The molecule has 0 aromatic heterocycles. The van der Waals surface area contributed by atoms with Gasteiger partial charge in [-0.3, -0.25) is 0 Å². The van der Waals surface area contributed by atoms with E-state index in [1.54, 1.807) is 0 Å². The van der Waals surface area contributed by atoms with Gasteiger partial charge in [0, 0.05) is 15.2 Å². The smallest absolute Gasteiger partial charge is 0.0286 e. The molecule has 1 aliphatic heterocycles. The van der Waals surface area contributed by atoms with E-state index in [1.807, 2.05) is 11.8 Å². The van der Waals surface area contributed by atoms with E-state index in [2.05, 4.69) is 133 Å². The molecule has 172 valence electrons. The second-order valence-electron chi connectivity index (χ2n) is 9.65. The number of benzene rings is 7. The molecule has 7 aromatic carbocycles. The van der Waals surface area contributed by atoms with E-state index in [4.69, 9.17) is 0 Å². The summed E-state index contributed by atoms with van der Waals surface area (Å²) in [5.74, 6) is 0. The number of rotatable bonds is 2. The minimum absolute atomic E-state index is 1.26. The van der Waals surface area contributed by atoms with Crippen LogP contribution in [0.4, 0.5) is 0 Å². The molecule has 0 unspecified atom stereocenters. The molecule has 1 aliphatic rings. The molecule has 0 aliphatic carbocycles. The van der Waals surface area contributed by atoms with Crippen LogP contribution in [0.15, 0.2) is 143 Å². The lowest BCUT2D eigenvalue weighted by Gasteiger charge is -2.24. The average Bonchev–Trinajstić information content (AvgIpc) is 2.97. The van der Waals surface area contributed by atoms with Gasteiger partial charge < -0.3 is 0 Å². The molecule has 0 N–H and O–H groups in total. The minimum Gasteiger partial charge on any atom is -0.0881 e. The van der Waals surface area contributed by atoms with Gasteiger partial charge in [0.1, 0.15) is 0 Å². The molecule has 1 heterocycles. The van der Waals surface area contributed by atoms with E-state index in [1.165, 1.54) is 75.5 Å². The molecule has 0 atom stereocenters. The van der Waals surface area contributed by atoms with Crippen molar-refractivity contribution in [1.82, 2.24) is 0 Å². The quantitative estimate of drug-likeness (QED) is 0.219. The van der Waals surface area contributed by atoms with Crippen LogP contribution in [0.3, 0.4) is 0 Å². The summed E-state index contributed by atoms with van der Waals surface area (Å²) < 4.78 is 0. The highest BCUT2D eigenvalue weighted by Crippen LogP contribution is 2.53. The van der Waals surface area contributed by atoms with Gasteiger partial charge in [0.2, 0.25) is 0 Å². The Balaban J connectivity index is 1.55. The topological polar surface area (TPSA) is 0 Å². The highest BCUT2D eigenvalue weighted by atomic mass is 32.2. The fraction of sp³-hybridized carbons (Fsp3) is 0. The van der Waals surface area contributed by atoms with E-state index in [-0.39, 0.29) is 0 Å². The summed E-state index contributed by atoms with van der Waals surface area (Å²) in [5, 5.41) is 7.85. The predicted molar refractivity (Wildman–Crippen MR) is 159 cm³/mol. The maximum Gasteiger partial charge on any atom is 0.0286 e. The van der Waals surface area contributed by atoms with Crippen molar-refractivity contribution in [2.24, 2.45) is 0 Å². The van der Waals surface area contributed by atoms with Crippen molar-refractivity contribution < 1.29 is 0 Å². The molecule has 8 rings (SSSR count). The highest BCUT2D eigenvalue weighted by molar-refractivity contribution is 8.00. The second-order valence-corrected chi connectivity index (χ2v) is 10.7. The Hall–Kier alpha value is -4.33. The first-order valence-electron chi connectivity index (χ1n) is 12.7. The largest absolute Gasteiger partial charge is 0.0881 e. The molecular weight excluding hydrogens is 464 g/mol. The molecule has 0 saturated carbocycles. The summed E-state index contributed by atoms with van der Waals surface area (Å²) in [5.41, 5.74) is 7.86. The van der Waals surface area contributed by atoms with E-state index in [0.29, 0.717) is 0 Å². The zero-order valence-corrected chi connectivity index (χ0v) is 20.9. The summed E-state index contributed by atoms with van der Waals surface area (Å²) in [4.78, 5) is 2.68. The van der Waals surface area contributed by atoms with Crippen molar-refractivity contribution in [3.05, 3.63) is 133 Å². The Morgan fingerprint density at radius 3 is 1.70 bits per heavy atom. The second kappa shape index (κ2) is 8.09. The van der Waals surface area contributed by atoms with Gasteiger partial charge in [-0.15, -0.1) is 0 Å². The van der Waals surface area contributed by atoms with E-state index < -0.39 is 0 Å². The maximum absolute atomic E-state index is 2.35. The van der Waals surface area contributed by atoms with Crippen LogP contribution in [-0.2, 0) is 0 Å². The van der Waals surface area contributed by atoms with Crippen LogP contribution >= 0.6 is 11.8 Å². The standard InChI is InChI=1S/C36H22S/c1-2-11-23(12-3-1)33-27-15-4-6-17-29(27)35(30-18-7-5-16-28(30)33)31-22-21-24-13-10-19-26-25-14-8-9-20-32(25)37-36(31)34(24)26/h1-22H. The van der Waals surface area contributed by atoms with Gasteiger partial charge in [0.15, 0.2) is 0 Å². The maximum atomic E-state index is 2.35. The summed E-state index contributed by atoms with van der Waals surface area (Å²) in [6.07, 6.45) is 0. The third-order valence-electron chi connectivity index (χ3n) is 7.65. The fourth-order valence-electron chi connectivity index (χ4n) is 6.10. The van der Waals surface area contributed by atoms with Crippen LogP contribution in [0.25, 0.3) is 65.7 Å². The van der Waals surface area contributed by atoms with Crippen molar-refractivity contribution >= 4 is 44.1 Å². The summed E-state index contributed by atoms with van der Waals surface area (Å²) >= 11 is 1.91. The summed E-state index contributed by atoms with van der Waals surface area (Å²) in [6, 6.07) is 48.9. The summed E-state index contributed by atoms with van der Waals surface area (Å²) in [7, 11) is 0. The zero-order chi connectivity index (χ0) is 24.3.